The van der Waals surface area contributed by atoms with Crippen molar-refractivity contribution in [1.82, 2.24) is 4.90 Å². The zero-order valence-electron chi connectivity index (χ0n) is 11.1. The second-order valence-electron chi connectivity index (χ2n) is 5.76. The van der Waals surface area contributed by atoms with Crippen molar-refractivity contribution in [3.8, 4) is 0 Å². The lowest BCUT2D eigenvalue weighted by Gasteiger charge is -2.23. The van der Waals surface area contributed by atoms with Crippen LogP contribution >= 0.6 is 0 Å². The number of Topliss-reactive ketones (excluding diaryl/α,β-unsaturated/α-hetero) is 1. The molecule has 0 N–H and O–H groups in total. The highest BCUT2D eigenvalue weighted by molar-refractivity contribution is 5.83. The molecule has 0 amide bonds. The fourth-order valence-corrected chi connectivity index (χ4v) is 1.92. The molecule has 1 rings (SSSR count). The van der Waals surface area contributed by atoms with Gasteiger partial charge in [-0.3, -0.25) is 4.79 Å². The van der Waals surface area contributed by atoms with Gasteiger partial charge in [-0.05, 0) is 13.3 Å². The Morgan fingerprint density at radius 3 is 2.75 bits per heavy atom. The molecule has 1 saturated heterocycles. The second-order valence-corrected chi connectivity index (χ2v) is 5.76. The third-order valence-electron chi connectivity index (χ3n) is 3.03. The quantitative estimate of drug-likeness (QED) is 0.739. The Balaban J connectivity index is 2.34. The maximum absolute atomic E-state index is 11.8. The SMILES string of the molecule is CC1CN(CCC(=O)C(C)(C)C)CCCO1. The maximum atomic E-state index is 11.8. The summed E-state index contributed by atoms with van der Waals surface area (Å²) in [7, 11) is 0. The van der Waals surface area contributed by atoms with Gasteiger partial charge >= 0.3 is 0 Å². The molecule has 0 radical (unpaired) electrons. The predicted molar refractivity (Wildman–Crippen MR) is 65.6 cm³/mol. The first-order chi connectivity index (χ1) is 7.39. The van der Waals surface area contributed by atoms with E-state index >= 15 is 0 Å². The number of carbonyl (C=O) groups is 1. The fourth-order valence-electron chi connectivity index (χ4n) is 1.92. The smallest absolute Gasteiger partial charge is 0.139 e. The zero-order valence-corrected chi connectivity index (χ0v) is 11.1. The molecule has 1 aliphatic heterocycles. The molecule has 0 aromatic heterocycles. The summed E-state index contributed by atoms with van der Waals surface area (Å²) in [6.07, 6.45) is 2.04. The number of ether oxygens (including phenoxy) is 1. The average molecular weight is 227 g/mol. The van der Waals surface area contributed by atoms with Crippen molar-refractivity contribution in [1.29, 1.82) is 0 Å². The van der Waals surface area contributed by atoms with Gasteiger partial charge in [-0.25, -0.2) is 0 Å². The molecular weight excluding hydrogens is 202 g/mol. The minimum atomic E-state index is -0.200. The molecule has 0 bridgehead atoms. The van der Waals surface area contributed by atoms with E-state index in [9.17, 15) is 4.79 Å². The summed E-state index contributed by atoms with van der Waals surface area (Å²) in [6.45, 7) is 11.8. The van der Waals surface area contributed by atoms with Gasteiger partial charge in [0.1, 0.15) is 5.78 Å². The van der Waals surface area contributed by atoms with E-state index in [1.54, 1.807) is 0 Å². The molecule has 1 unspecified atom stereocenters. The van der Waals surface area contributed by atoms with E-state index in [0.29, 0.717) is 18.3 Å². The molecule has 0 aliphatic carbocycles. The van der Waals surface area contributed by atoms with Gasteiger partial charge in [0.05, 0.1) is 6.10 Å². The van der Waals surface area contributed by atoms with E-state index in [0.717, 1.165) is 32.7 Å². The third-order valence-corrected chi connectivity index (χ3v) is 3.03. The van der Waals surface area contributed by atoms with Crippen molar-refractivity contribution >= 4 is 5.78 Å². The standard InChI is InChI=1S/C13H25NO2/c1-11-10-14(7-5-9-16-11)8-6-12(15)13(2,3)4/h11H,5-10H2,1-4H3. The highest BCUT2D eigenvalue weighted by Crippen LogP contribution is 2.17. The summed E-state index contributed by atoms with van der Waals surface area (Å²) in [6, 6.07) is 0. The summed E-state index contributed by atoms with van der Waals surface area (Å²) in [4.78, 5) is 14.2. The van der Waals surface area contributed by atoms with Gasteiger partial charge in [-0.2, -0.15) is 0 Å². The molecule has 0 aromatic rings. The highest BCUT2D eigenvalue weighted by atomic mass is 16.5. The number of carbonyl (C=O) groups excluding carboxylic acids is 1. The largest absolute Gasteiger partial charge is 0.377 e. The van der Waals surface area contributed by atoms with Crippen LogP contribution in [0.15, 0.2) is 0 Å². The van der Waals surface area contributed by atoms with Crippen LogP contribution in [0.25, 0.3) is 0 Å². The normalized spacial score (nSPS) is 24.1. The second kappa shape index (κ2) is 5.78. The Kier molecular flexibility index (Phi) is 4.93. The van der Waals surface area contributed by atoms with Crippen molar-refractivity contribution in [2.24, 2.45) is 5.41 Å². The Labute approximate surface area is 99.1 Å². The van der Waals surface area contributed by atoms with Crippen LogP contribution in [-0.4, -0.2) is 43.0 Å². The summed E-state index contributed by atoms with van der Waals surface area (Å²) in [5.74, 6) is 0.352. The molecule has 1 heterocycles. The first kappa shape index (κ1) is 13.7. The zero-order chi connectivity index (χ0) is 12.2. The van der Waals surface area contributed by atoms with E-state index < -0.39 is 0 Å². The van der Waals surface area contributed by atoms with E-state index in [-0.39, 0.29) is 5.41 Å². The molecule has 0 aromatic carbocycles. The molecule has 94 valence electrons. The summed E-state index contributed by atoms with van der Waals surface area (Å²) in [5.41, 5.74) is -0.200. The number of ketones is 1. The fraction of sp³-hybridized carbons (Fsp3) is 0.923. The van der Waals surface area contributed by atoms with Crippen LogP contribution in [0, 0.1) is 5.41 Å². The first-order valence-corrected chi connectivity index (χ1v) is 6.27. The number of hydrogen-bond donors (Lipinski definition) is 0. The Morgan fingerprint density at radius 1 is 1.44 bits per heavy atom. The molecule has 0 spiro atoms. The topological polar surface area (TPSA) is 29.5 Å². The van der Waals surface area contributed by atoms with Gasteiger partial charge in [-0.15, -0.1) is 0 Å². The van der Waals surface area contributed by atoms with Crippen molar-refractivity contribution in [2.75, 3.05) is 26.2 Å². The van der Waals surface area contributed by atoms with Crippen LogP contribution in [0.5, 0.6) is 0 Å². The number of hydrogen-bond acceptors (Lipinski definition) is 3. The van der Waals surface area contributed by atoms with Gasteiger partial charge in [0, 0.05) is 38.1 Å². The first-order valence-electron chi connectivity index (χ1n) is 6.27. The molecule has 1 fully saturated rings. The lowest BCUT2D eigenvalue weighted by molar-refractivity contribution is -0.126. The van der Waals surface area contributed by atoms with Gasteiger partial charge in [0.2, 0.25) is 0 Å². The summed E-state index contributed by atoms with van der Waals surface area (Å²) >= 11 is 0. The Morgan fingerprint density at radius 2 is 2.12 bits per heavy atom. The van der Waals surface area contributed by atoms with Gasteiger partial charge < -0.3 is 9.64 Å². The van der Waals surface area contributed by atoms with Crippen LogP contribution in [0.2, 0.25) is 0 Å². The molecular formula is C13H25NO2. The third kappa shape index (κ3) is 4.62. The molecule has 16 heavy (non-hydrogen) atoms. The van der Waals surface area contributed by atoms with Crippen LogP contribution in [-0.2, 0) is 9.53 Å². The predicted octanol–water partition coefficient (Wildman–Crippen LogP) is 2.10. The van der Waals surface area contributed by atoms with Crippen molar-refractivity contribution in [3.05, 3.63) is 0 Å². The summed E-state index contributed by atoms with van der Waals surface area (Å²) in [5, 5.41) is 0. The van der Waals surface area contributed by atoms with Crippen molar-refractivity contribution < 1.29 is 9.53 Å². The van der Waals surface area contributed by atoms with Crippen LogP contribution < -0.4 is 0 Å². The lowest BCUT2D eigenvalue weighted by Crippen LogP contribution is -2.33. The number of nitrogens with zero attached hydrogens (tertiary/aromatic N) is 1. The maximum Gasteiger partial charge on any atom is 0.139 e. The van der Waals surface area contributed by atoms with Gasteiger partial charge in [0.15, 0.2) is 0 Å². The van der Waals surface area contributed by atoms with Crippen molar-refractivity contribution in [3.63, 3.8) is 0 Å². The van der Waals surface area contributed by atoms with E-state index in [1.165, 1.54) is 0 Å². The minimum Gasteiger partial charge on any atom is -0.377 e. The van der Waals surface area contributed by atoms with E-state index in [2.05, 4.69) is 11.8 Å². The molecule has 1 atom stereocenters. The van der Waals surface area contributed by atoms with Crippen LogP contribution in [0.4, 0.5) is 0 Å². The highest BCUT2D eigenvalue weighted by Gasteiger charge is 2.22. The molecule has 0 saturated carbocycles. The lowest BCUT2D eigenvalue weighted by atomic mass is 9.89. The average Bonchev–Trinajstić information content (AvgIpc) is 2.37. The van der Waals surface area contributed by atoms with Crippen LogP contribution in [0.1, 0.15) is 40.5 Å². The molecule has 3 heteroatoms. The monoisotopic (exact) mass is 227 g/mol. The Hall–Kier alpha value is -0.410. The van der Waals surface area contributed by atoms with E-state index in [4.69, 9.17) is 4.74 Å². The summed E-state index contributed by atoms with van der Waals surface area (Å²) < 4.78 is 5.58. The molecule has 1 aliphatic rings. The van der Waals surface area contributed by atoms with E-state index in [1.807, 2.05) is 20.8 Å². The van der Waals surface area contributed by atoms with Gasteiger partial charge in [0.25, 0.3) is 0 Å². The Bertz CT molecular complexity index is 233. The van der Waals surface area contributed by atoms with Gasteiger partial charge in [-0.1, -0.05) is 20.8 Å². The minimum absolute atomic E-state index is 0.200. The van der Waals surface area contributed by atoms with Crippen LogP contribution in [0.3, 0.4) is 0 Å². The molecule has 3 nitrogen and oxygen atoms in total. The number of rotatable bonds is 3. The van der Waals surface area contributed by atoms with Crippen molar-refractivity contribution in [2.45, 2.75) is 46.6 Å².